The van der Waals surface area contributed by atoms with Crippen LogP contribution in [0, 0.1) is 5.82 Å². The van der Waals surface area contributed by atoms with E-state index in [1.807, 2.05) is 24.3 Å². The molecule has 0 atom stereocenters. The Bertz CT molecular complexity index is 821. The highest BCUT2D eigenvalue weighted by atomic mass is 19.1. The van der Waals surface area contributed by atoms with Gasteiger partial charge in [-0.1, -0.05) is 24.3 Å². The van der Waals surface area contributed by atoms with Crippen molar-refractivity contribution in [2.75, 3.05) is 12.8 Å². The summed E-state index contributed by atoms with van der Waals surface area (Å²) < 4.78 is 18.6. The number of halogens is 1. The zero-order chi connectivity index (χ0) is 15.5. The topological polar surface area (TPSA) is 61.0 Å². The summed E-state index contributed by atoms with van der Waals surface area (Å²) in [6.07, 6.45) is 0. The maximum absolute atomic E-state index is 13.4. The molecule has 0 aliphatic carbocycles. The van der Waals surface area contributed by atoms with Gasteiger partial charge in [-0.15, -0.1) is 0 Å². The number of nitrogens with zero attached hydrogens (tertiary/aromatic N) is 2. The first-order valence-corrected chi connectivity index (χ1v) is 6.70. The van der Waals surface area contributed by atoms with E-state index in [9.17, 15) is 4.39 Å². The third-order valence-electron chi connectivity index (χ3n) is 3.23. The Balaban J connectivity index is 2.10. The number of aromatic nitrogens is 2. The van der Waals surface area contributed by atoms with E-state index >= 15 is 0 Å². The minimum absolute atomic E-state index is 0.139. The number of hydrogen-bond donors (Lipinski definition) is 1. The number of ether oxygens (including phenoxy) is 1. The third kappa shape index (κ3) is 2.88. The molecule has 5 heteroatoms. The molecule has 2 N–H and O–H groups in total. The molecule has 0 unspecified atom stereocenters. The summed E-state index contributed by atoms with van der Waals surface area (Å²) >= 11 is 0. The van der Waals surface area contributed by atoms with E-state index in [-0.39, 0.29) is 11.8 Å². The Hall–Kier alpha value is -2.95. The monoisotopic (exact) mass is 295 g/mol. The molecule has 0 aliphatic heterocycles. The van der Waals surface area contributed by atoms with Gasteiger partial charge in [0.1, 0.15) is 11.6 Å². The molecule has 22 heavy (non-hydrogen) atoms. The summed E-state index contributed by atoms with van der Waals surface area (Å²) in [6, 6.07) is 15.5. The molecule has 0 bridgehead atoms. The molecule has 2 aromatic carbocycles. The van der Waals surface area contributed by atoms with Gasteiger partial charge in [-0.25, -0.2) is 14.4 Å². The van der Waals surface area contributed by atoms with Crippen molar-refractivity contribution < 1.29 is 9.13 Å². The molecule has 1 aromatic heterocycles. The predicted molar refractivity (Wildman–Crippen MR) is 83.8 cm³/mol. The van der Waals surface area contributed by atoms with Gasteiger partial charge >= 0.3 is 0 Å². The smallest absolute Gasteiger partial charge is 0.221 e. The largest absolute Gasteiger partial charge is 0.497 e. The van der Waals surface area contributed by atoms with E-state index in [2.05, 4.69) is 9.97 Å². The summed E-state index contributed by atoms with van der Waals surface area (Å²) in [7, 11) is 1.60. The molecule has 0 fully saturated rings. The van der Waals surface area contributed by atoms with Gasteiger partial charge in [0.2, 0.25) is 5.95 Å². The van der Waals surface area contributed by atoms with Gasteiger partial charge in [-0.05, 0) is 30.3 Å². The van der Waals surface area contributed by atoms with E-state index in [4.69, 9.17) is 10.5 Å². The fourth-order valence-corrected chi connectivity index (χ4v) is 2.19. The predicted octanol–water partition coefficient (Wildman–Crippen LogP) is 3.54. The lowest BCUT2D eigenvalue weighted by Gasteiger charge is -2.08. The van der Waals surface area contributed by atoms with Crippen LogP contribution in [-0.4, -0.2) is 17.1 Å². The van der Waals surface area contributed by atoms with E-state index in [0.717, 1.165) is 11.3 Å². The Morgan fingerprint density at radius 2 is 1.55 bits per heavy atom. The van der Waals surface area contributed by atoms with Crippen molar-refractivity contribution in [1.29, 1.82) is 0 Å². The second kappa shape index (κ2) is 5.81. The van der Waals surface area contributed by atoms with Crippen LogP contribution in [0.15, 0.2) is 54.6 Å². The minimum atomic E-state index is -0.322. The highest BCUT2D eigenvalue weighted by Crippen LogP contribution is 2.27. The van der Waals surface area contributed by atoms with E-state index in [1.165, 1.54) is 12.1 Å². The second-order valence-electron chi connectivity index (χ2n) is 4.74. The van der Waals surface area contributed by atoms with Crippen LogP contribution in [0.4, 0.5) is 10.3 Å². The Morgan fingerprint density at radius 3 is 2.18 bits per heavy atom. The fraction of sp³-hybridized carbons (Fsp3) is 0.0588. The summed E-state index contributed by atoms with van der Waals surface area (Å²) in [6.45, 7) is 0. The quantitative estimate of drug-likeness (QED) is 0.803. The summed E-state index contributed by atoms with van der Waals surface area (Å²) in [5.41, 5.74) is 8.53. The van der Waals surface area contributed by atoms with Crippen molar-refractivity contribution in [1.82, 2.24) is 9.97 Å². The van der Waals surface area contributed by atoms with Gasteiger partial charge < -0.3 is 10.5 Å². The number of anilines is 1. The average Bonchev–Trinajstić information content (AvgIpc) is 2.54. The van der Waals surface area contributed by atoms with Gasteiger partial charge in [0.25, 0.3) is 0 Å². The standard InChI is InChI=1S/C17H14FN3O/c1-22-14-7-3-5-12(9-14)16-10-15(20-17(19)21-16)11-4-2-6-13(18)8-11/h2-10H,1H3,(H2,19,20,21). The fourth-order valence-electron chi connectivity index (χ4n) is 2.19. The maximum Gasteiger partial charge on any atom is 0.221 e. The van der Waals surface area contributed by atoms with Crippen LogP contribution in [0.1, 0.15) is 0 Å². The van der Waals surface area contributed by atoms with Crippen molar-refractivity contribution in [3.63, 3.8) is 0 Å². The summed E-state index contributed by atoms with van der Waals surface area (Å²) in [5, 5.41) is 0. The Morgan fingerprint density at radius 1 is 0.909 bits per heavy atom. The SMILES string of the molecule is COc1cccc(-c2cc(-c3cccc(F)c3)nc(N)n2)c1. The Kier molecular flexibility index (Phi) is 3.70. The van der Waals surface area contributed by atoms with Gasteiger partial charge in [-0.3, -0.25) is 0 Å². The molecule has 0 spiro atoms. The zero-order valence-electron chi connectivity index (χ0n) is 12.0. The first-order chi connectivity index (χ1) is 10.7. The molecule has 0 saturated heterocycles. The van der Waals surface area contributed by atoms with E-state index in [0.29, 0.717) is 17.0 Å². The lowest BCUT2D eigenvalue weighted by atomic mass is 10.1. The minimum Gasteiger partial charge on any atom is -0.497 e. The molecule has 0 amide bonds. The molecular weight excluding hydrogens is 281 g/mol. The summed E-state index contributed by atoms with van der Waals surface area (Å²) in [5.74, 6) is 0.541. The van der Waals surface area contributed by atoms with Gasteiger partial charge in [0, 0.05) is 11.1 Å². The third-order valence-corrected chi connectivity index (χ3v) is 3.23. The molecule has 3 aromatic rings. The van der Waals surface area contributed by atoms with Gasteiger partial charge in [-0.2, -0.15) is 0 Å². The molecule has 110 valence electrons. The van der Waals surface area contributed by atoms with Crippen LogP contribution in [0.25, 0.3) is 22.5 Å². The van der Waals surface area contributed by atoms with Gasteiger partial charge in [0.15, 0.2) is 0 Å². The number of nitrogen functional groups attached to an aromatic ring is 1. The summed E-state index contributed by atoms with van der Waals surface area (Å²) in [4.78, 5) is 8.43. The van der Waals surface area contributed by atoms with Crippen LogP contribution in [0.5, 0.6) is 5.75 Å². The van der Waals surface area contributed by atoms with E-state index < -0.39 is 0 Å². The van der Waals surface area contributed by atoms with Crippen molar-refractivity contribution in [2.45, 2.75) is 0 Å². The van der Waals surface area contributed by atoms with E-state index in [1.54, 1.807) is 25.3 Å². The van der Waals surface area contributed by atoms with Crippen LogP contribution in [0.2, 0.25) is 0 Å². The second-order valence-corrected chi connectivity index (χ2v) is 4.74. The van der Waals surface area contributed by atoms with Crippen molar-refractivity contribution in [3.8, 4) is 28.3 Å². The normalized spacial score (nSPS) is 10.5. The van der Waals surface area contributed by atoms with Crippen LogP contribution in [-0.2, 0) is 0 Å². The zero-order valence-corrected chi connectivity index (χ0v) is 12.0. The van der Waals surface area contributed by atoms with Crippen LogP contribution >= 0.6 is 0 Å². The first-order valence-electron chi connectivity index (χ1n) is 6.70. The van der Waals surface area contributed by atoms with Crippen LogP contribution in [0.3, 0.4) is 0 Å². The lowest BCUT2D eigenvalue weighted by molar-refractivity contribution is 0.415. The molecule has 0 radical (unpaired) electrons. The van der Waals surface area contributed by atoms with Gasteiger partial charge in [0.05, 0.1) is 18.5 Å². The average molecular weight is 295 g/mol. The molecule has 4 nitrogen and oxygen atoms in total. The molecule has 0 saturated carbocycles. The van der Waals surface area contributed by atoms with Crippen molar-refractivity contribution in [2.24, 2.45) is 0 Å². The number of hydrogen-bond acceptors (Lipinski definition) is 4. The van der Waals surface area contributed by atoms with Crippen LogP contribution < -0.4 is 10.5 Å². The highest BCUT2D eigenvalue weighted by molar-refractivity contribution is 5.69. The highest BCUT2D eigenvalue weighted by Gasteiger charge is 2.08. The maximum atomic E-state index is 13.4. The Labute approximate surface area is 127 Å². The number of methoxy groups -OCH3 is 1. The number of rotatable bonds is 3. The molecular formula is C17H14FN3O. The molecule has 1 heterocycles. The number of benzene rings is 2. The van der Waals surface area contributed by atoms with Crippen molar-refractivity contribution >= 4 is 5.95 Å². The molecule has 0 aliphatic rings. The van der Waals surface area contributed by atoms with Crippen molar-refractivity contribution in [3.05, 3.63) is 60.4 Å². The molecule has 3 rings (SSSR count). The first kappa shape index (κ1) is 14.0. The lowest BCUT2D eigenvalue weighted by Crippen LogP contribution is -1.99. The number of nitrogens with two attached hydrogens (primary N) is 1.